The zero-order valence-electron chi connectivity index (χ0n) is 12.0. The number of halogens is 1. The molecule has 0 radical (unpaired) electrons. The van der Waals surface area contributed by atoms with Crippen molar-refractivity contribution in [2.75, 3.05) is 5.32 Å². The van der Waals surface area contributed by atoms with E-state index in [1.54, 1.807) is 27.7 Å². The molecule has 0 aromatic heterocycles. The van der Waals surface area contributed by atoms with Crippen molar-refractivity contribution in [2.24, 2.45) is 11.1 Å². The summed E-state index contributed by atoms with van der Waals surface area (Å²) in [5, 5.41) is 11.5. The molecule has 0 unspecified atom stereocenters. The smallest absolute Gasteiger partial charge is 0.337 e. The van der Waals surface area contributed by atoms with Crippen LogP contribution in [0.4, 0.5) is 10.1 Å². The molecule has 0 aliphatic heterocycles. The van der Waals surface area contributed by atoms with E-state index in [4.69, 9.17) is 10.8 Å². The fraction of sp³-hybridized carbons (Fsp3) is 0.429. The van der Waals surface area contributed by atoms with Crippen LogP contribution in [-0.4, -0.2) is 22.5 Å². The fourth-order valence-electron chi connectivity index (χ4n) is 1.38. The second kappa shape index (κ2) is 5.20. The van der Waals surface area contributed by atoms with Crippen molar-refractivity contribution in [1.82, 2.24) is 0 Å². The van der Waals surface area contributed by atoms with Gasteiger partial charge in [0.15, 0.2) is 0 Å². The van der Waals surface area contributed by atoms with Crippen LogP contribution in [0.25, 0.3) is 0 Å². The summed E-state index contributed by atoms with van der Waals surface area (Å²) < 4.78 is 13.2. The molecule has 0 saturated heterocycles. The Labute approximate surface area is 117 Å². The molecule has 1 aromatic rings. The van der Waals surface area contributed by atoms with Gasteiger partial charge in [0.25, 0.3) is 0 Å². The molecular weight excluding hydrogens is 263 g/mol. The summed E-state index contributed by atoms with van der Waals surface area (Å²) in [6.07, 6.45) is 0. The standard InChI is InChI=1S/C14H19FN2O3/c1-13(2,14(3,4)16)12(20)17-10-7-8(15)5-6-9(10)11(18)19/h5-7H,16H2,1-4H3,(H,17,20)(H,18,19). The Morgan fingerprint density at radius 2 is 1.80 bits per heavy atom. The molecule has 0 aliphatic carbocycles. The number of hydrogen-bond acceptors (Lipinski definition) is 3. The van der Waals surface area contributed by atoms with Gasteiger partial charge >= 0.3 is 5.97 Å². The summed E-state index contributed by atoms with van der Waals surface area (Å²) in [5.74, 6) is -2.35. The van der Waals surface area contributed by atoms with Gasteiger partial charge in [-0.25, -0.2) is 9.18 Å². The SMILES string of the molecule is CC(C)(N)C(C)(C)C(=O)Nc1cc(F)ccc1C(=O)O. The first-order valence-electron chi connectivity index (χ1n) is 6.10. The van der Waals surface area contributed by atoms with Gasteiger partial charge in [0, 0.05) is 5.54 Å². The molecule has 0 aliphatic rings. The Balaban J connectivity index is 3.14. The highest BCUT2D eigenvalue weighted by atomic mass is 19.1. The normalized spacial score (nSPS) is 12.1. The molecule has 1 aromatic carbocycles. The molecule has 20 heavy (non-hydrogen) atoms. The summed E-state index contributed by atoms with van der Waals surface area (Å²) in [4.78, 5) is 23.3. The molecule has 1 rings (SSSR count). The molecular formula is C14H19FN2O3. The van der Waals surface area contributed by atoms with Gasteiger partial charge in [0.1, 0.15) is 5.82 Å². The number of hydrogen-bond donors (Lipinski definition) is 3. The number of aromatic carboxylic acids is 1. The molecule has 4 N–H and O–H groups in total. The molecule has 0 saturated carbocycles. The van der Waals surface area contributed by atoms with E-state index in [9.17, 15) is 14.0 Å². The number of benzene rings is 1. The van der Waals surface area contributed by atoms with Gasteiger partial charge in [-0.05, 0) is 45.9 Å². The van der Waals surface area contributed by atoms with Crippen LogP contribution >= 0.6 is 0 Å². The van der Waals surface area contributed by atoms with Crippen LogP contribution in [0.2, 0.25) is 0 Å². The van der Waals surface area contributed by atoms with E-state index in [1.807, 2.05) is 0 Å². The average Bonchev–Trinajstić information content (AvgIpc) is 2.26. The number of carbonyl (C=O) groups excluding carboxylic acids is 1. The highest BCUT2D eigenvalue weighted by Crippen LogP contribution is 2.30. The monoisotopic (exact) mass is 282 g/mol. The van der Waals surface area contributed by atoms with Crippen LogP contribution in [0.15, 0.2) is 18.2 Å². The molecule has 5 nitrogen and oxygen atoms in total. The maximum Gasteiger partial charge on any atom is 0.337 e. The van der Waals surface area contributed by atoms with Crippen molar-refractivity contribution in [3.8, 4) is 0 Å². The van der Waals surface area contributed by atoms with E-state index in [0.29, 0.717) is 0 Å². The number of carboxylic acid groups (broad SMARTS) is 1. The van der Waals surface area contributed by atoms with Gasteiger partial charge in [-0.2, -0.15) is 0 Å². The van der Waals surface area contributed by atoms with Crippen molar-refractivity contribution in [3.63, 3.8) is 0 Å². The molecule has 110 valence electrons. The van der Waals surface area contributed by atoms with Crippen molar-refractivity contribution in [3.05, 3.63) is 29.6 Å². The summed E-state index contributed by atoms with van der Waals surface area (Å²) in [7, 11) is 0. The van der Waals surface area contributed by atoms with Gasteiger partial charge in [0.2, 0.25) is 5.91 Å². The maximum absolute atomic E-state index is 13.2. The van der Waals surface area contributed by atoms with E-state index in [2.05, 4.69) is 5.32 Å². The topological polar surface area (TPSA) is 92.4 Å². The Morgan fingerprint density at radius 3 is 2.25 bits per heavy atom. The van der Waals surface area contributed by atoms with E-state index in [-0.39, 0.29) is 11.3 Å². The minimum absolute atomic E-state index is 0.0835. The maximum atomic E-state index is 13.2. The number of carbonyl (C=O) groups is 2. The van der Waals surface area contributed by atoms with Crippen molar-refractivity contribution >= 4 is 17.6 Å². The summed E-state index contributed by atoms with van der Waals surface area (Å²) in [6.45, 7) is 6.66. The van der Waals surface area contributed by atoms with Gasteiger partial charge < -0.3 is 16.2 Å². The van der Waals surface area contributed by atoms with E-state index in [1.165, 1.54) is 0 Å². The Hall–Kier alpha value is -1.95. The number of amides is 1. The second-order valence-electron chi connectivity index (χ2n) is 5.80. The first kappa shape index (κ1) is 16.1. The summed E-state index contributed by atoms with van der Waals surface area (Å²) in [6, 6.07) is 3.10. The minimum atomic E-state index is -1.25. The summed E-state index contributed by atoms with van der Waals surface area (Å²) >= 11 is 0. The van der Waals surface area contributed by atoms with Gasteiger partial charge in [-0.1, -0.05) is 0 Å². The Morgan fingerprint density at radius 1 is 1.25 bits per heavy atom. The molecule has 0 spiro atoms. The van der Waals surface area contributed by atoms with Crippen LogP contribution in [0.3, 0.4) is 0 Å². The highest BCUT2D eigenvalue weighted by molar-refractivity contribution is 6.02. The second-order valence-corrected chi connectivity index (χ2v) is 5.80. The molecule has 0 fully saturated rings. The lowest BCUT2D eigenvalue weighted by atomic mass is 9.74. The third-order valence-corrected chi connectivity index (χ3v) is 3.64. The van der Waals surface area contributed by atoms with Gasteiger partial charge in [-0.15, -0.1) is 0 Å². The zero-order chi connectivity index (χ0) is 15.7. The minimum Gasteiger partial charge on any atom is -0.478 e. The van der Waals surface area contributed by atoms with Crippen LogP contribution in [0.5, 0.6) is 0 Å². The van der Waals surface area contributed by atoms with Crippen molar-refractivity contribution in [2.45, 2.75) is 33.2 Å². The Kier molecular flexibility index (Phi) is 4.19. The predicted octanol–water partition coefficient (Wildman–Crippen LogP) is 2.23. The molecule has 0 atom stereocenters. The number of nitrogens with two attached hydrogens (primary N) is 1. The first-order valence-corrected chi connectivity index (χ1v) is 6.10. The van der Waals surface area contributed by atoms with Crippen LogP contribution in [-0.2, 0) is 4.79 Å². The van der Waals surface area contributed by atoms with Crippen molar-refractivity contribution < 1.29 is 19.1 Å². The van der Waals surface area contributed by atoms with Crippen molar-refractivity contribution in [1.29, 1.82) is 0 Å². The van der Waals surface area contributed by atoms with Gasteiger partial charge in [-0.3, -0.25) is 4.79 Å². The predicted molar refractivity (Wildman–Crippen MR) is 74.0 cm³/mol. The lowest BCUT2D eigenvalue weighted by Crippen LogP contribution is -2.53. The number of carboxylic acids is 1. The quantitative estimate of drug-likeness (QED) is 0.789. The third-order valence-electron chi connectivity index (χ3n) is 3.64. The van der Waals surface area contributed by atoms with E-state index < -0.39 is 28.6 Å². The Bertz CT molecular complexity index is 548. The fourth-order valence-corrected chi connectivity index (χ4v) is 1.38. The largest absolute Gasteiger partial charge is 0.478 e. The lowest BCUT2D eigenvalue weighted by Gasteiger charge is -2.37. The van der Waals surface area contributed by atoms with E-state index in [0.717, 1.165) is 18.2 Å². The van der Waals surface area contributed by atoms with Crippen LogP contribution < -0.4 is 11.1 Å². The molecule has 0 bridgehead atoms. The lowest BCUT2D eigenvalue weighted by molar-refractivity contribution is -0.126. The first-order chi connectivity index (χ1) is 8.96. The molecule has 6 heteroatoms. The number of rotatable bonds is 4. The van der Waals surface area contributed by atoms with Gasteiger partial charge in [0.05, 0.1) is 16.7 Å². The molecule has 0 heterocycles. The highest BCUT2D eigenvalue weighted by Gasteiger charge is 2.40. The zero-order valence-corrected chi connectivity index (χ0v) is 12.0. The van der Waals surface area contributed by atoms with Crippen LogP contribution in [0.1, 0.15) is 38.1 Å². The average molecular weight is 282 g/mol. The third kappa shape index (κ3) is 3.14. The number of anilines is 1. The van der Waals surface area contributed by atoms with E-state index >= 15 is 0 Å². The van der Waals surface area contributed by atoms with Crippen LogP contribution in [0, 0.1) is 11.2 Å². The molecule has 1 amide bonds. The number of nitrogens with one attached hydrogen (secondary N) is 1. The summed E-state index contributed by atoms with van der Waals surface area (Å²) in [5.41, 5.74) is 3.90.